The molecule has 23 heavy (non-hydrogen) atoms. The lowest BCUT2D eigenvalue weighted by atomic mass is 10.1. The van der Waals surface area contributed by atoms with Crippen LogP contribution in [0.2, 0.25) is 5.02 Å². The van der Waals surface area contributed by atoms with Crippen LogP contribution < -0.4 is 4.74 Å². The summed E-state index contributed by atoms with van der Waals surface area (Å²) in [6.07, 6.45) is -4.71. The lowest BCUT2D eigenvalue weighted by Gasteiger charge is -2.13. The summed E-state index contributed by atoms with van der Waals surface area (Å²) < 4.78 is 56.9. The molecule has 0 radical (unpaired) electrons. The normalized spacial score (nSPS) is 12.3. The quantitative estimate of drug-likeness (QED) is 0.345. The molecule has 0 aliphatic rings. The van der Waals surface area contributed by atoms with Gasteiger partial charge in [0, 0.05) is 5.56 Å². The maximum Gasteiger partial charge on any atom is 0.416 e. The minimum atomic E-state index is -4.71. The first kappa shape index (κ1) is 17.1. The molecule has 0 saturated heterocycles. The number of ether oxygens (including phenoxy) is 1. The van der Waals surface area contributed by atoms with Crippen molar-refractivity contribution in [1.29, 1.82) is 0 Å². The van der Waals surface area contributed by atoms with E-state index in [-0.39, 0.29) is 11.5 Å². The van der Waals surface area contributed by atoms with Crippen LogP contribution in [0.4, 0.5) is 17.6 Å². The molecule has 0 aromatic heterocycles. The number of alkyl halides is 3. The van der Waals surface area contributed by atoms with Gasteiger partial charge < -0.3 is 9.94 Å². The van der Waals surface area contributed by atoms with E-state index in [4.69, 9.17) is 21.5 Å². The molecular formula is C15H10ClF4NO2. The Labute approximate surface area is 133 Å². The van der Waals surface area contributed by atoms with E-state index >= 15 is 0 Å². The summed E-state index contributed by atoms with van der Waals surface area (Å²) in [6, 6.07) is 6.96. The predicted molar refractivity (Wildman–Crippen MR) is 76.9 cm³/mol. The van der Waals surface area contributed by atoms with E-state index in [0.717, 1.165) is 0 Å². The minimum Gasteiger partial charge on any atom is -0.453 e. The van der Waals surface area contributed by atoms with Gasteiger partial charge in [-0.15, -0.1) is 0 Å². The first-order chi connectivity index (χ1) is 10.7. The monoisotopic (exact) mass is 347 g/mol. The van der Waals surface area contributed by atoms with Crippen molar-refractivity contribution >= 4 is 17.3 Å². The van der Waals surface area contributed by atoms with Crippen molar-refractivity contribution in [2.24, 2.45) is 5.16 Å². The Morgan fingerprint density at radius 1 is 1.22 bits per heavy atom. The van der Waals surface area contributed by atoms with Crippen LogP contribution in [0, 0.1) is 5.82 Å². The molecular weight excluding hydrogens is 338 g/mol. The second-order valence-electron chi connectivity index (χ2n) is 4.58. The SMILES string of the molecule is CC(=NO)c1cccc(Oc2c(F)cc(C(F)(F)F)cc2Cl)c1. The van der Waals surface area contributed by atoms with Gasteiger partial charge in [0.2, 0.25) is 0 Å². The highest BCUT2D eigenvalue weighted by molar-refractivity contribution is 6.32. The molecule has 0 amide bonds. The molecule has 0 unspecified atom stereocenters. The number of hydrogen-bond acceptors (Lipinski definition) is 3. The van der Waals surface area contributed by atoms with Crippen molar-refractivity contribution in [3.05, 3.63) is 58.4 Å². The Kier molecular flexibility index (Phi) is 4.79. The molecule has 0 aliphatic heterocycles. The molecule has 0 heterocycles. The molecule has 8 heteroatoms. The largest absolute Gasteiger partial charge is 0.453 e. The zero-order valence-corrected chi connectivity index (χ0v) is 12.4. The molecule has 2 aromatic carbocycles. The van der Waals surface area contributed by atoms with E-state index in [1.807, 2.05) is 0 Å². The number of halogens is 5. The third kappa shape index (κ3) is 3.92. The summed E-state index contributed by atoms with van der Waals surface area (Å²) in [6.45, 7) is 1.53. The van der Waals surface area contributed by atoms with Crippen molar-refractivity contribution in [3.63, 3.8) is 0 Å². The van der Waals surface area contributed by atoms with Gasteiger partial charge in [-0.2, -0.15) is 13.2 Å². The van der Waals surface area contributed by atoms with E-state index < -0.39 is 28.3 Å². The first-order valence-electron chi connectivity index (χ1n) is 6.25. The molecule has 0 spiro atoms. The summed E-state index contributed by atoms with van der Waals surface area (Å²) >= 11 is 5.69. The molecule has 0 fully saturated rings. The van der Waals surface area contributed by atoms with Gasteiger partial charge in [0.1, 0.15) is 5.75 Å². The van der Waals surface area contributed by atoms with Gasteiger partial charge in [0.15, 0.2) is 11.6 Å². The fourth-order valence-electron chi connectivity index (χ4n) is 1.78. The minimum absolute atomic E-state index is 0.131. The topological polar surface area (TPSA) is 41.8 Å². The second-order valence-corrected chi connectivity index (χ2v) is 4.99. The zero-order chi connectivity index (χ0) is 17.2. The average Bonchev–Trinajstić information content (AvgIpc) is 2.49. The van der Waals surface area contributed by atoms with Gasteiger partial charge in [0.25, 0.3) is 0 Å². The molecule has 0 atom stereocenters. The van der Waals surface area contributed by atoms with Gasteiger partial charge >= 0.3 is 6.18 Å². The molecule has 2 aromatic rings. The third-order valence-corrected chi connectivity index (χ3v) is 3.23. The maximum absolute atomic E-state index is 13.9. The molecule has 0 aliphatic carbocycles. The van der Waals surface area contributed by atoms with Crippen molar-refractivity contribution in [2.45, 2.75) is 13.1 Å². The lowest BCUT2D eigenvalue weighted by Crippen LogP contribution is -2.06. The van der Waals surface area contributed by atoms with E-state index in [1.165, 1.54) is 19.1 Å². The fourth-order valence-corrected chi connectivity index (χ4v) is 2.03. The van der Waals surface area contributed by atoms with Crippen LogP contribution >= 0.6 is 11.6 Å². The van der Waals surface area contributed by atoms with Crippen LogP contribution in [-0.2, 0) is 6.18 Å². The highest BCUT2D eigenvalue weighted by atomic mass is 35.5. The van der Waals surface area contributed by atoms with Crippen LogP contribution in [0.1, 0.15) is 18.1 Å². The van der Waals surface area contributed by atoms with E-state index in [0.29, 0.717) is 17.7 Å². The fraction of sp³-hybridized carbons (Fsp3) is 0.133. The maximum atomic E-state index is 13.9. The summed E-state index contributed by atoms with van der Waals surface area (Å²) in [5.74, 6) is -1.62. The summed E-state index contributed by atoms with van der Waals surface area (Å²) in [7, 11) is 0. The summed E-state index contributed by atoms with van der Waals surface area (Å²) in [5.41, 5.74) is -0.424. The molecule has 3 nitrogen and oxygen atoms in total. The Balaban J connectivity index is 2.38. The zero-order valence-electron chi connectivity index (χ0n) is 11.7. The number of nitrogens with zero attached hydrogens (tertiary/aromatic N) is 1. The van der Waals surface area contributed by atoms with E-state index in [1.54, 1.807) is 12.1 Å². The molecule has 122 valence electrons. The number of rotatable bonds is 3. The Morgan fingerprint density at radius 3 is 2.48 bits per heavy atom. The molecule has 0 bridgehead atoms. The van der Waals surface area contributed by atoms with Crippen LogP contribution in [0.3, 0.4) is 0 Å². The highest BCUT2D eigenvalue weighted by Crippen LogP contribution is 2.38. The van der Waals surface area contributed by atoms with Crippen molar-refractivity contribution in [1.82, 2.24) is 0 Å². The van der Waals surface area contributed by atoms with Crippen LogP contribution in [0.15, 0.2) is 41.6 Å². The molecule has 0 saturated carbocycles. The van der Waals surface area contributed by atoms with Gasteiger partial charge in [-0.1, -0.05) is 28.9 Å². The first-order valence-corrected chi connectivity index (χ1v) is 6.63. The molecule has 1 N–H and O–H groups in total. The van der Waals surface area contributed by atoms with Gasteiger partial charge in [0.05, 0.1) is 16.3 Å². The lowest BCUT2D eigenvalue weighted by molar-refractivity contribution is -0.137. The van der Waals surface area contributed by atoms with E-state index in [2.05, 4.69) is 5.16 Å². The Hall–Kier alpha value is -2.28. The highest BCUT2D eigenvalue weighted by Gasteiger charge is 2.32. The third-order valence-electron chi connectivity index (χ3n) is 2.95. The van der Waals surface area contributed by atoms with Gasteiger partial charge in [-0.3, -0.25) is 0 Å². The smallest absolute Gasteiger partial charge is 0.416 e. The summed E-state index contributed by atoms with van der Waals surface area (Å²) in [4.78, 5) is 0. The Bertz CT molecular complexity index is 736. The van der Waals surface area contributed by atoms with Crippen LogP contribution in [0.25, 0.3) is 0 Å². The standard InChI is InChI=1S/C15H10ClF4NO2/c1-8(21-22)9-3-2-4-11(5-9)23-14-12(16)6-10(7-13(14)17)15(18,19)20/h2-7,22H,1H3. The summed E-state index contributed by atoms with van der Waals surface area (Å²) in [5, 5.41) is 11.2. The predicted octanol–water partition coefficient (Wildman–Crippen LogP) is 5.49. The average molecular weight is 348 g/mol. The van der Waals surface area contributed by atoms with Crippen LogP contribution in [-0.4, -0.2) is 10.9 Å². The van der Waals surface area contributed by atoms with Crippen molar-refractivity contribution < 1.29 is 27.5 Å². The number of benzene rings is 2. The van der Waals surface area contributed by atoms with Crippen molar-refractivity contribution in [2.75, 3.05) is 0 Å². The number of hydrogen-bond donors (Lipinski definition) is 1. The van der Waals surface area contributed by atoms with E-state index in [9.17, 15) is 17.6 Å². The molecule has 2 rings (SSSR count). The second kappa shape index (κ2) is 6.45. The Morgan fingerprint density at radius 2 is 1.91 bits per heavy atom. The number of oxime groups is 1. The van der Waals surface area contributed by atoms with Gasteiger partial charge in [-0.25, -0.2) is 4.39 Å². The van der Waals surface area contributed by atoms with Gasteiger partial charge in [-0.05, 0) is 31.2 Å². The van der Waals surface area contributed by atoms with Crippen molar-refractivity contribution in [3.8, 4) is 11.5 Å². The van der Waals surface area contributed by atoms with Crippen LogP contribution in [0.5, 0.6) is 11.5 Å².